The molecule has 0 saturated carbocycles. The Balaban J connectivity index is 2.64. The summed E-state index contributed by atoms with van der Waals surface area (Å²) in [5.41, 5.74) is 0.842. The first-order chi connectivity index (χ1) is 14.2. The fourth-order valence-electron chi connectivity index (χ4n) is 3.16. The van der Waals surface area contributed by atoms with Crippen LogP contribution in [0.2, 0.25) is 0 Å². The molecule has 1 aromatic heterocycles. The summed E-state index contributed by atoms with van der Waals surface area (Å²) in [6.07, 6.45) is 0.173. The number of pyridine rings is 1. The van der Waals surface area contributed by atoms with E-state index in [9.17, 15) is 14.4 Å². The minimum atomic E-state index is -0.562. The number of fused-ring (bicyclic) bond motifs is 1. The number of likely N-dealkylation sites (N-methyl/N-ethyl adjacent to an activating group) is 1. The molecule has 7 nitrogen and oxygen atoms in total. The second kappa shape index (κ2) is 10.4. The molecule has 2 rings (SSSR count). The zero-order valence-corrected chi connectivity index (χ0v) is 18.6. The van der Waals surface area contributed by atoms with Crippen molar-refractivity contribution >= 4 is 22.8 Å². The van der Waals surface area contributed by atoms with E-state index in [0.717, 1.165) is 12.0 Å². The zero-order valence-electron chi connectivity index (χ0n) is 18.6. The van der Waals surface area contributed by atoms with E-state index in [1.54, 1.807) is 45.9 Å². The molecule has 30 heavy (non-hydrogen) atoms. The summed E-state index contributed by atoms with van der Waals surface area (Å²) in [7, 11) is 0. The van der Waals surface area contributed by atoms with E-state index in [2.05, 4.69) is 10.3 Å². The van der Waals surface area contributed by atoms with Crippen LogP contribution >= 0.6 is 0 Å². The molecule has 0 aliphatic carbocycles. The Hall–Kier alpha value is -2.67. The number of aromatic amines is 1. The number of nitrogens with one attached hydrogen (secondary N) is 2. The molecule has 0 radical (unpaired) electrons. The topological polar surface area (TPSA) is 97.5 Å². The van der Waals surface area contributed by atoms with Crippen molar-refractivity contribution in [3.8, 4) is 5.75 Å². The third-order valence-corrected chi connectivity index (χ3v) is 4.87. The number of benzene rings is 1. The average molecular weight is 417 g/mol. The summed E-state index contributed by atoms with van der Waals surface area (Å²) in [4.78, 5) is 39.3. The second-order valence-corrected chi connectivity index (χ2v) is 7.92. The Kier molecular flexibility index (Phi) is 8.17. The predicted molar refractivity (Wildman–Crippen MR) is 116 cm³/mol. The van der Waals surface area contributed by atoms with Crippen molar-refractivity contribution in [2.75, 3.05) is 6.54 Å². The van der Waals surface area contributed by atoms with Gasteiger partial charge in [-0.15, -0.1) is 0 Å². The molecule has 2 aromatic rings. The smallest absolute Gasteiger partial charge is 0.313 e. The number of carbonyl (C=O) groups is 2. The van der Waals surface area contributed by atoms with Gasteiger partial charge in [0, 0.05) is 23.1 Å². The molecule has 0 bridgehead atoms. The average Bonchev–Trinajstić information content (AvgIpc) is 2.70. The predicted octanol–water partition coefficient (Wildman–Crippen LogP) is 3.72. The molecular formula is C23H32N2O5. The fraction of sp³-hybridized carbons (Fsp3) is 0.522. The highest BCUT2D eigenvalue weighted by Crippen LogP contribution is 2.34. The van der Waals surface area contributed by atoms with Crippen molar-refractivity contribution in [3.63, 3.8) is 0 Å². The molecule has 2 atom stereocenters. The van der Waals surface area contributed by atoms with Gasteiger partial charge in [-0.2, -0.15) is 0 Å². The van der Waals surface area contributed by atoms with Crippen LogP contribution in [0, 0.1) is 11.8 Å². The van der Waals surface area contributed by atoms with E-state index in [0.29, 0.717) is 17.4 Å². The molecule has 1 aromatic carbocycles. The number of H-pyrrole nitrogens is 1. The second-order valence-electron chi connectivity index (χ2n) is 7.92. The molecule has 0 aliphatic heterocycles. The lowest BCUT2D eigenvalue weighted by atomic mass is 9.95. The Labute approximate surface area is 177 Å². The molecule has 2 unspecified atom stereocenters. The molecule has 0 amide bonds. The van der Waals surface area contributed by atoms with Gasteiger partial charge in [-0.05, 0) is 25.1 Å². The molecule has 164 valence electrons. The summed E-state index contributed by atoms with van der Waals surface area (Å²) in [6, 6.07) is 6.40. The standard InChI is InChI=1S/C23H32N2O5/c1-7-17(24-8-2)21(30-23(28)14(5)6)16-9-11-18(29-22(27)13(3)4)20-15(16)10-12-19(26)25-20/h9-14,17,21,24H,7-8H2,1-6H3,(H,25,26). The third kappa shape index (κ3) is 5.48. The van der Waals surface area contributed by atoms with E-state index in [1.165, 1.54) is 6.07 Å². The van der Waals surface area contributed by atoms with Crippen molar-refractivity contribution in [1.29, 1.82) is 0 Å². The van der Waals surface area contributed by atoms with Crippen LogP contribution in [-0.4, -0.2) is 29.5 Å². The number of esters is 2. The molecule has 0 aliphatic rings. The van der Waals surface area contributed by atoms with E-state index >= 15 is 0 Å². The van der Waals surface area contributed by atoms with Crippen LogP contribution in [0.25, 0.3) is 10.9 Å². The van der Waals surface area contributed by atoms with Gasteiger partial charge in [0.25, 0.3) is 0 Å². The van der Waals surface area contributed by atoms with Gasteiger partial charge < -0.3 is 19.8 Å². The zero-order chi connectivity index (χ0) is 22.4. The Morgan fingerprint density at radius 3 is 2.23 bits per heavy atom. The lowest BCUT2D eigenvalue weighted by Crippen LogP contribution is -2.37. The van der Waals surface area contributed by atoms with Crippen LogP contribution in [0.1, 0.15) is 59.6 Å². The van der Waals surface area contributed by atoms with Gasteiger partial charge in [0.2, 0.25) is 5.56 Å². The highest BCUT2D eigenvalue weighted by Gasteiger charge is 2.29. The van der Waals surface area contributed by atoms with Gasteiger partial charge in [0.05, 0.1) is 17.4 Å². The lowest BCUT2D eigenvalue weighted by Gasteiger charge is -2.29. The van der Waals surface area contributed by atoms with Gasteiger partial charge in [-0.3, -0.25) is 14.4 Å². The maximum Gasteiger partial charge on any atom is 0.313 e. The first-order valence-corrected chi connectivity index (χ1v) is 10.5. The van der Waals surface area contributed by atoms with E-state index in [4.69, 9.17) is 9.47 Å². The number of aromatic nitrogens is 1. The SMILES string of the molecule is CCNC(CC)C(OC(=O)C(C)C)c1ccc(OC(=O)C(C)C)c2[nH]c(=O)ccc12. The van der Waals surface area contributed by atoms with Crippen molar-refractivity contribution in [2.24, 2.45) is 11.8 Å². The van der Waals surface area contributed by atoms with Gasteiger partial charge in [-0.1, -0.05) is 47.6 Å². The molecule has 2 N–H and O–H groups in total. The molecule has 0 spiro atoms. The number of carbonyl (C=O) groups excluding carboxylic acids is 2. The minimum Gasteiger partial charge on any atom is -0.456 e. The monoisotopic (exact) mass is 416 g/mol. The van der Waals surface area contributed by atoms with Crippen molar-refractivity contribution in [2.45, 2.75) is 60.1 Å². The molecular weight excluding hydrogens is 384 g/mol. The van der Waals surface area contributed by atoms with Crippen LogP contribution in [0.5, 0.6) is 5.75 Å². The minimum absolute atomic E-state index is 0.114. The van der Waals surface area contributed by atoms with Gasteiger partial charge in [-0.25, -0.2) is 0 Å². The van der Waals surface area contributed by atoms with Crippen molar-refractivity contribution in [3.05, 3.63) is 40.2 Å². The third-order valence-electron chi connectivity index (χ3n) is 4.87. The molecule has 0 fully saturated rings. The van der Waals surface area contributed by atoms with Crippen LogP contribution < -0.4 is 15.6 Å². The number of ether oxygens (including phenoxy) is 2. The summed E-state index contributed by atoms with van der Waals surface area (Å²) in [5.74, 6) is -1.01. The highest BCUT2D eigenvalue weighted by atomic mass is 16.5. The van der Waals surface area contributed by atoms with E-state index in [1.807, 2.05) is 13.8 Å². The van der Waals surface area contributed by atoms with Gasteiger partial charge in [0.15, 0.2) is 5.75 Å². The lowest BCUT2D eigenvalue weighted by molar-refractivity contribution is -0.155. The van der Waals surface area contributed by atoms with Crippen LogP contribution in [0.3, 0.4) is 0 Å². The number of hydrogen-bond acceptors (Lipinski definition) is 6. The van der Waals surface area contributed by atoms with E-state index < -0.39 is 12.1 Å². The first-order valence-electron chi connectivity index (χ1n) is 10.5. The Bertz CT molecular complexity index is 948. The summed E-state index contributed by atoms with van der Waals surface area (Å²) < 4.78 is 11.4. The van der Waals surface area contributed by atoms with Crippen LogP contribution in [0.4, 0.5) is 0 Å². The molecule has 0 saturated heterocycles. The number of rotatable bonds is 9. The normalized spacial score (nSPS) is 13.5. The van der Waals surface area contributed by atoms with Crippen molar-refractivity contribution < 1.29 is 19.1 Å². The Morgan fingerprint density at radius 1 is 1.00 bits per heavy atom. The maximum atomic E-state index is 12.5. The number of hydrogen-bond donors (Lipinski definition) is 2. The van der Waals surface area contributed by atoms with Crippen LogP contribution in [0.15, 0.2) is 29.1 Å². The Morgan fingerprint density at radius 2 is 1.67 bits per heavy atom. The summed E-state index contributed by atoms with van der Waals surface area (Å²) in [6.45, 7) is 11.8. The first kappa shape index (κ1) is 23.6. The molecule has 1 heterocycles. The largest absolute Gasteiger partial charge is 0.456 e. The maximum absolute atomic E-state index is 12.5. The summed E-state index contributed by atoms with van der Waals surface area (Å²) >= 11 is 0. The molecule has 7 heteroatoms. The van der Waals surface area contributed by atoms with Gasteiger partial charge in [0.1, 0.15) is 6.10 Å². The van der Waals surface area contributed by atoms with Gasteiger partial charge >= 0.3 is 11.9 Å². The fourth-order valence-corrected chi connectivity index (χ4v) is 3.16. The quantitative estimate of drug-likeness (QED) is 0.478. The van der Waals surface area contributed by atoms with Crippen LogP contribution in [-0.2, 0) is 14.3 Å². The van der Waals surface area contributed by atoms with Crippen molar-refractivity contribution in [1.82, 2.24) is 10.3 Å². The highest BCUT2D eigenvalue weighted by molar-refractivity contribution is 5.90. The van der Waals surface area contributed by atoms with E-state index in [-0.39, 0.29) is 35.2 Å². The summed E-state index contributed by atoms with van der Waals surface area (Å²) in [5, 5.41) is 4.05.